The standard InChI is InChI=1S/C13H19N5O5/c1-13(2,22)11-15-8-9(16-12(14)17-10(8)21)18(11)7-3-5(20)6(4-19)23-7/h5-7,19-20,22H,3-4H2,1-2H3,(H3,14,16,17,21)/t5-,6+,7+/m0/s1. The smallest absolute Gasteiger partial charge is 0.280 e. The van der Waals surface area contributed by atoms with Crippen molar-refractivity contribution in [1.29, 1.82) is 0 Å². The summed E-state index contributed by atoms with van der Waals surface area (Å²) in [7, 11) is 0. The highest BCUT2D eigenvalue weighted by atomic mass is 16.5. The zero-order valence-electron chi connectivity index (χ0n) is 12.7. The molecular formula is C13H19N5O5. The van der Waals surface area contributed by atoms with Gasteiger partial charge in [-0.2, -0.15) is 4.98 Å². The van der Waals surface area contributed by atoms with Crippen LogP contribution in [0.15, 0.2) is 4.79 Å². The maximum Gasteiger partial charge on any atom is 0.280 e. The first-order valence-corrected chi connectivity index (χ1v) is 7.17. The van der Waals surface area contributed by atoms with Gasteiger partial charge in [0.2, 0.25) is 5.95 Å². The molecule has 2 aromatic rings. The highest BCUT2D eigenvalue weighted by molar-refractivity contribution is 5.72. The van der Waals surface area contributed by atoms with Crippen LogP contribution < -0.4 is 11.3 Å². The number of H-pyrrole nitrogens is 1. The maximum atomic E-state index is 12.0. The summed E-state index contributed by atoms with van der Waals surface area (Å²) in [4.78, 5) is 22.6. The first-order valence-electron chi connectivity index (χ1n) is 7.17. The number of aromatic amines is 1. The normalized spacial score (nSPS) is 25.3. The fourth-order valence-corrected chi connectivity index (χ4v) is 2.74. The number of ether oxygens (including phenoxy) is 1. The third-order valence-electron chi connectivity index (χ3n) is 3.79. The van der Waals surface area contributed by atoms with Crippen LogP contribution in [0, 0.1) is 0 Å². The molecule has 10 heteroatoms. The van der Waals surface area contributed by atoms with E-state index in [9.17, 15) is 20.1 Å². The molecule has 0 amide bonds. The summed E-state index contributed by atoms with van der Waals surface area (Å²) in [6, 6.07) is 0. The number of nitrogens with one attached hydrogen (secondary N) is 1. The van der Waals surface area contributed by atoms with E-state index >= 15 is 0 Å². The number of nitrogen functional groups attached to an aromatic ring is 1. The van der Waals surface area contributed by atoms with Crippen LogP contribution in [0.5, 0.6) is 0 Å². The number of imidazole rings is 1. The van der Waals surface area contributed by atoms with E-state index in [1.54, 1.807) is 0 Å². The molecule has 6 N–H and O–H groups in total. The summed E-state index contributed by atoms with van der Waals surface area (Å²) >= 11 is 0. The fraction of sp³-hybridized carbons (Fsp3) is 0.615. The van der Waals surface area contributed by atoms with Gasteiger partial charge >= 0.3 is 0 Å². The Morgan fingerprint density at radius 1 is 1.48 bits per heavy atom. The topological polar surface area (TPSA) is 160 Å². The number of hydrogen-bond acceptors (Lipinski definition) is 8. The lowest BCUT2D eigenvalue weighted by molar-refractivity contribution is -0.0485. The van der Waals surface area contributed by atoms with Gasteiger partial charge in [0.05, 0.1) is 12.7 Å². The highest BCUT2D eigenvalue weighted by Crippen LogP contribution is 2.34. The molecule has 1 aliphatic heterocycles. The largest absolute Gasteiger partial charge is 0.394 e. The van der Waals surface area contributed by atoms with E-state index in [1.165, 1.54) is 18.4 Å². The van der Waals surface area contributed by atoms with Crippen LogP contribution in [0.3, 0.4) is 0 Å². The summed E-state index contributed by atoms with van der Waals surface area (Å²) in [5.41, 5.74) is 3.84. The summed E-state index contributed by atoms with van der Waals surface area (Å²) < 4.78 is 7.05. The molecule has 0 saturated carbocycles. The Labute approximate surface area is 130 Å². The molecule has 0 aromatic carbocycles. The minimum absolute atomic E-state index is 0.0156. The first-order chi connectivity index (χ1) is 10.7. The van der Waals surface area contributed by atoms with Crippen molar-refractivity contribution >= 4 is 17.1 Å². The van der Waals surface area contributed by atoms with Gasteiger partial charge in [-0.1, -0.05) is 0 Å². The second kappa shape index (κ2) is 5.27. The van der Waals surface area contributed by atoms with Gasteiger partial charge < -0.3 is 25.8 Å². The molecule has 10 nitrogen and oxygen atoms in total. The number of aromatic nitrogens is 4. The number of aliphatic hydroxyl groups is 3. The maximum absolute atomic E-state index is 12.0. The van der Waals surface area contributed by atoms with Crippen LogP contribution in [0.1, 0.15) is 32.3 Å². The predicted octanol–water partition coefficient (Wildman–Crippen LogP) is -1.43. The van der Waals surface area contributed by atoms with E-state index in [2.05, 4.69) is 15.0 Å². The Morgan fingerprint density at radius 2 is 2.17 bits per heavy atom. The average molecular weight is 325 g/mol. The monoisotopic (exact) mass is 325 g/mol. The van der Waals surface area contributed by atoms with E-state index in [0.29, 0.717) is 0 Å². The summed E-state index contributed by atoms with van der Waals surface area (Å²) in [5.74, 6) is 0.0649. The molecule has 0 unspecified atom stereocenters. The van der Waals surface area contributed by atoms with Crippen LogP contribution in [0.2, 0.25) is 0 Å². The van der Waals surface area contributed by atoms with E-state index in [0.717, 1.165) is 0 Å². The molecule has 3 rings (SSSR count). The van der Waals surface area contributed by atoms with Gasteiger partial charge in [-0.3, -0.25) is 14.3 Å². The zero-order valence-corrected chi connectivity index (χ0v) is 12.7. The van der Waals surface area contributed by atoms with Crippen molar-refractivity contribution in [3.8, 4) is 0 Å². The lowest BCUT2D eigenvalue weighted by Crippen LogP contribution is -2.26. The zero-order chi connectivity index (χ0) is 16.9. The third-order valence-corrected chi connectivity index (χ3v) is 3.79. The van der Waals surface area contributed by atoms with Gasteiger partial charge in [0.1, 0.15) is 23.8 Å². The van der Waals surface area contributed by atoms with Crippen LogP contribution in [0.4, 0.5) is 5.95 Å². The number of hydrogen-bond donors (Lipinski definition) is 5. The summed E-state index contributed by atoms with van der Waals surface area (Å²) in [6.45, 7) is 2.67. The highest BCUT2D eigenvalue weighted by Gasteiger charge is 2.39. The Balaban J connectivity index is 2.23. The molecule has 1 saturated heterocycles. The summed E-state index contributed by atoms with van der Waals surface area (Å²) in [6.07, 6.45) is -2.21. The minimum Gasteiger partial charge on any atom is -0.394 e. The van der Waals surface area contributed by atoms with Gasteiger partial charge in [0.15, 0.2) is 11.2 Å². The lowest BCUT2D eigenvalue weighted by Gasteiger charge is -2.22. The van der Waals surface area contributed by atoms with Gasteiger partial charge in [0.25, 0.3) is 5.56 Å². The van der Waals surface area contributed by atoms with Crippen LogP contribution in [-0.2, 0) is 10.3 Å². The molecule has 0 radical (unpaired) electrons. The van der Waals surface area contributed by atoms with E-state index < -0.39 is 29.6 Å². The van der Waals surface area contributed by atoms with Crippen LogP contribution in [0.25, 0.3) is 11.2 Å². The Kier molecular flexibility index (Phi) is 3.64. The number of rotatable bonds is 3. The van der Waals surface area contributed by atoms with Crippen molar-refractivity contribution in [2.45, 2.75) is 44.3 Å². The van der Waals surface area contributed by atoms with E-state index in [4.69, 9.17) is 10.5 Å². The second-order valence-corrected chi connectivity index (χ2v) is 6.10. The number of nitrogens with two attached hydrogens (primary N) is 1. The molecule has 126 valence electrons. The second-order valence-electron chi connectivity index (χ2n) is 6.10. The molecule has 3 atom stereocenters. The van der Waals surface area contributed by atoms with Crippen molar-refractivity contribution in [2.75, 3.05) is 12.3 Å². The minimum atomic E-state index is -1.38. The molecule has 0 aliphatic carbocycles. The molecule has 1 fully saturated rings. The first kappa shape index (κ1) is 15.9. The third kappa shape index (κ3) is 2.59. The number of nitrogens with zero attached hydrogens (tertiary/aromatic N) is 3. The van der Waals surface area contributed by atoms with Crippen molar-refractivity contribution in [1.82, 2.24) is 19.5 Å². The van der Waals surface area contributed by atoms with Crippen LogP contribution >= 0.6 is 0 Å². The molecule has 3 heterocycles. The molecule has 0 bridgehead atoms. The van der Waals surface area contributed by atoms with Crippen molar-refractivity contribution in [3.63, 3.8) is 0 Å². The Bertz CT molecular complexity index is 792. The van der Waals surface area contributed by atoms with Gasteiger partial charge in [0, 0.05) is 6.42 Å². The average Bonchev–Trinajstić information content (AvgIpc) is 2.98. The molecule has 23 heavy (non-hydrogen) atoms. The fourth-order valence-electron chi connectivity index (χ4n) is 2.74. The van der Waals surface area contributed by atoms with Gasteiger partial charge in [-0.25, -0.2) is 4.98 Å². The predicted molar refractivity (Wildman–Crippen MR) is 79.4 cm³/mol. The van der Waals surface area contributed by atoms with Crippen molar-refractivity contribution < 1.29 is 20.1 Å². The SMILES string of the molecule is CC(C)(O)c1nc2c(=O)[nH]c(N)nc2n1[C@H]1C[C@H](O)[C@@H](CO)O1. The molecule has 0 spiro atoms. The Morgan fingerprint density at radius 3 is 2.74 bits per heavy atom. The van der Waals surface area contributed by atoms with Crippen molar-refractivity contribution in [3.05, 3.63) is 16.2 Å². The Hall–Kier alpha value is -2.01. The lowest BCUT2D eigenvalue weighted by atomic mass is 10.1. The van der Waals surface area contributed by atoms with Crippen molar-refractivity contribution in [2.24, 2.45) is 0 Å². The number of anilines is 1. The van der Waals surface area contributed by atoms with Gasteiger partial charge in [-0.15, -0.1) is 0 Å². The number of aliphatic hydroxyl groups excluding tert-OH is 2. The van der Waals surface area contributed by atoms with Gasteiger partial charge in [-0.05, 0) is 13.8 Å². The molecular weight excluding hydrogens is 306 g/mol. The number of fused-ring (bicyclic) bond motifs is 1. The van der Waals surface area contributed by atoms with Crippen LogP contribution in [-0.4, -0.2) is 53.7 Å². The quantitative estimate of drug-likeness (QED) is 0.459. The molecule has 2 aromatic heterocycles. The van der Waals surface area contributed by atoms with E-state index in [-0.39, 0.29) is 36.0 Å². The summed E-state index contributed by atoms with van der Waals surface area (Å²) in [5, 5.41) is 29.5. The van der Waals surface area contributed by atoms with E-state index in [1.807, 2.05) is 0 Å². The molecule has 1 aliphatic rings.